The first-order valence-electron chi connectivity index (χ1n) is 7.85. The highest BCUT2D eigenvalue weighted by atomic mass is 16.3. The number of hydrogen-bond acceptors (Lipinski definition) is 2. The van der Waals surface area contributed by atoms with Crippen molar-refractivity contribution in [1.82, 2.24) is 0 Å². The molecule has 2 aromatic heterocycles. The van der Waals surface area contributed by atoms with Crippen molar-refractivity contribution >= 4 is 21.9 Å². The van der Waals surface area contributed by atoms with Gasteiger partial charge in [-0.15, -0.1) is 0 Å². The summed E-state index contributed by atoms with van der Waals surface area (Å²) in [4.78, 5) is 0. The molecule has 2 nitrogen and oxygen atoms in total. The van der Waals surface area contributed by atoms with Crippen LogP contribution in [0.3, 0.4) is 0 Å². The Kier molecular flexibility index (Phi) is 3.86. The lowest BCUT2D eigenvalue weighted by atomic mass is 10.1. The molecule has 116 valence electrons. The smallest absolute Gasteiger partial charge is 0.134 e. The number of rotatable bonds is 1. The van der Waals surface area contributed by atoms with Crippen molar-refractivity contribution in [2.45, 2.75) is 0 Å². The molecule has 2 heterocycles. The average Bonchev–Trinajstić information content (AvgIpc) is 3.31. The first-order chi connectivity index (χ1) is 11.9. The van der Waals surface area contributed by atoms with Crippen molar-refractivity contribution in [3.8, 4) is 11.1 Å². The number of benzene rings is 3. The molecule has 0 unspecified atom stereocenters. The van der Waals surface area contributed by atoms with E-state index in [1.807, 2.05) is 54.6 Å². The first kappa shape index (κ1) is 14.3. The molecular formula is C22H16O2. The Labute approximate surface area is 140 Å². The van der Waals surface area contributed by atoms with Gasteiger partial charge in [-0.2, -0.15) is 0 Å². The summed E-state index contributed by atoms with van der Waals surface area (Å²) in [5, 5.41) is 2.31. The third-order valence-corrected chi connectivity index (χ3v) is 3.92. The summed E-state index contributed by atoms with van der Waals surface area (Å²) in [5.74, 6) is 0. The summed E-state index contributed by atoms with van der Waals surface area (Å²) < 4.78 is 10.5. The van der Waals surface area contributed by atoms with Crippen LogP contribution in [0.1, 0.15) is 0 Å². The molecule has 0 aliphatic heterocycles. The fraction of sp³-hybridized carbons (Fsp3) is 0. The van der Waals surface area contributed by atoms with Gasteiger partial charge in [-0.3, -0.25) is 0 Å². The molecule has 3 aromatic carbocycles. The van der Waals surface area contributed by atoms with Crippen LogP contribution in [0, 0.1) is 0 Å². The Morgan fingerprint density at radius 2 is 1.12 bits per heavy atom. The van der Waals surface area contributed by atoms with Gasteiger partial charge >= 0.3 is 0 Å². The van der Waals surface area contributed by atoms with Crippen LogP contribution in [-0.4, -0.2) is 0 Å². The quantitative estimate of drug-likeness (QED) is 0.351. The van der Waals surface area contributed by atoms with Crippen LogP contribution in [0.2, 0.25) is 0 Å². The second-order valence-electron chi connectivity index (χ2n) is 5.50. The van der Waals surface area contributed by atoms with Gasteiger partial charge in [-0.1, -0.05) is 60.7 Å². The molecule has 0 spiro atoms. The van der Waals surface area contributed by atoms with E-state index in [4.69, 9.17) is 8.83 Å². The topological polar surface area (TPSA) is 26.3 Å². The molecule has 0 saturated heterocycles. The summed E-state index contributed by atoms with van der Waals surface area (Å²) in [6.45, 7) is 0. The van der Waals surface area contributed by atoms with Crippen LogP contribution in [-0.2, 0) is 0 Å². The number of fused-ring (bicyclic) bond motifs is 2. The number of hydrogen-bond donors (Lipinski definition) is 0. The van der Waals surface area contributed by atoms with Gasteiger partial charge in [-0.05, 0) is 35.4 Å². The third-order valence-electron chi connectivity index (χ3n) is 3.92. The summed E-state index contributed by atoms with van der Waals surface area (Å²) >= 11 is 0. The van der Waals surface area contributed by atoms with E-state index in [1.54, 1.807) is 12.5 Å². The molecule has 5 rings (SSSR count). The molecule has 24 heavy (non-hydrogen) atoms. The molecule has 0 bridgehead atoms. The fourth-order valence-corrected chi connectivity index (χ4v) is 2.67. The van der Waals surface area contributed by atoms with Crippen LogP contribution in [0.15, 0.2) is 106 Å². The highest BCUT2D eigenvalue weighted by molar-refractivity contribution is 5.83. The van der Waals surface area contributed by atoms with Gasteiger partial charge in [0.1, 0.15) is 11.2 Å². The molecule has 0 radical (unpaired) electrons. The Bertz CT molecular complexity index is 1020. The fourth-order valence-electron chi connectivity index (χ4n) is 2.67. The average molecular weight is 312 g/mol. The van der Waals surface area contributed by atoms with Crippen molar-refractivity contribution < 1.29 is 8.83 Å². The zero-order valence-corrected chi connectivity index (χ0v) is 13.1. The number of para-hydroxylation sites is 1. The zero-order chi connectivity index (χ0) is 16.2. The lowest BCUT2D eigenvalue weighted by molar-refractivity contribution is 0.615. The highest BCUT2D eigenvalue weighted by Gasteiger charge is 2.00. The van der Waals surface area contributed by atoms with E-state index in [0.29, 0.717) is 0 Å². The largest absolute Gasteiger partial charge is 0.464 e. The minimum atomic E-state index is 0.941. The minimum Gasteiger partial charge on any atom is -0.464 e. The van der Waals surface area contributed by atoms with Crippen molar-refractivity contribution in [3.05, 3.63) is 97.5 Å². The van der Waals surface area contributed by atoms with E-state index in [2.05, 4.69) is 30.3 Å². The van der Waals surface area contributed by atoms with Gasteiger partial charge in [-0.25, -0.2) is 0 Å². The van der Waals surface area contributed by atoms with E-state index in [9.17, 15) is 0 Å². The summed E-state index contributed by atoms with van der Waals surface area (Å²) in [6, 6.07) is 28.5. The zero-order valence-electron chi connectivity index (χ0n) is 13.1. The van der Waals surface area contributed by atoms with Crippen LogP contribution in [0.4, 0.5) is 0 Å². The second kappa shape index (κ2) is 6.47. The second-order valence-corrected chi connectivity index (χ2v) is 5.50. The van der Waals surface area contributed by atoms with E-state index in [1.165, 1.54) is 11.1 Å². The lowest BCUT2D eigenvalue weighted by Crippen LogP contribution is -1.75. The third kappa shape index (κ3) is 2.95. The molecule has 0 fully saturated rings. The van der Waals surface area contributed by atoms with Crippen LogP contribution in [0.5, 0.6) is 0 Å². The van der Waals surface area contributed by atoms with Crippen molar-refractivity contribution in [1.29, 1.82) is 0 Å². The molecular weight excluding hydrogens is 296 g/mol. The number of furan rings is 2. The summed E-state index contributed by atoms with van der Waals surface area (Å²) in [7, 11) is 0. The monoisotopic (exact) mass is 312 g/mol. The van der Waals surface area contributed by atoms with E-state index >= 15 is 0 Å². The van der Waals surface area contributed by atoms with Gasteiger partial charge < -0.3 is 8.83 Å². The SMILES string of the molecule is c1ccc(-c2ccc3ccoc3c2)cc1.c1ccc2occc2c1. The maximum atomic E-state index is 5.38. The summed E-state index contributed by atoms with van der Waals surface area (Å²) in [5.41, 5.74) is 4.31. The lowest BCUT2D eigenvalue weighted by Gasteiger charge is -2.00. The standard InChI is InChI=1S/C14H10O.C8H6O/c1-2-4-11(5-3-1)13-7-6-12-8-9-15-14(12)10-13;1-2-4-8-7(3-1)5-6-9-8/h1-10H;1-6H. The molecule has 0 atom stereocenters. The van der Waals surface area contributed by atoms with Crippen LogP contribution >= 0.6 is 0 Å². The molecule has 0 saturated carbocycles. The maximum Gasteiger partial charge on any atom is 0.134 e. The predicted octanol–water partition coefficient (Wildman–Crippen LogP) is 6.53. The Hall–Kier alpha value is -3.26. The molecule has 0 aliphatic carbocycles. The van der Waals surface area contributed by atoms with Gasteiger partial charge in [0.05, 0.1) is 12.5 Å². The van der Waals surface area contributed by atoms with Crippen LogP contribution < -0.4 is 0 Å². The first-order valence-corrected chi connectivity index (χ1v) is 7.85. The van der Waals surface area contributed by atoms with Crippen molar-refractivity contribution in [2.75, 3.05) is 0 Å². The van der Waals surface area contributed by atoms with Gasteiger partial charge in [0, 0.05) is 10.8 Å². The molecule has 0 amide bonds. The predicted molar refractivity (Wildman–Crippen MR) is 97.9 cm³/mol. The van der Waals surface area contributed by atoms with E-state index in [0.717, 1.165) is 21.9 Å². The van der Waals surface area contributed by atoms with E-state index in [-0.39, 0.29) is 0 Å². The van der Waals surface area contributed by atoms with Crippen LogP contribution in [0.25, 0.3) is 33.1 Å². The van der Waals surface area contributed by atoms with Crippen molar-refractivity contribution in [2.24, 2.45) is 0 Å². The van der Waals surface area contributed by atoms with Gasteiger partial charge in [0.2, 0.25) is 0 Å². The Morgan fingerprint density at radius 3 is 1.92 bits per heavy atom. The van der Waals surface area contributed by atoms with E-state index < -0.39 is 0 Å². The minimum absolute atomic E-state index is 0.941. The van der Waals surface area contributed by atoms with Crippen molar-refractivity contribution in [3.63, 3.8) is 0 Å². The Morgan fingerprint density at radius 1 is 0.458 bits per heavy atom. The Balaban J connectivity index is 0.000000138. The normalized spacial score (nSPS) is 10.5. The maximum absolute atomic E-state index is 5.38. The molecule has 2 heteroatoms. The molecule has 0 N–H and O–H groups in total. The highest BCUT2D eigenvalue weighted by Crippen LogP contribution is 2.24. The van der Waals surface area contributed by atoms with Gasteiger partial charge in [0.25, 0.3) is 0 Å². The van der Waals surface area contributed by atoms with Gasteiger partial charge in [0.15, 0.2) is 0 Å². The summed E-state index contributed by atoms with van der Waals surface area (Å²) in [6.07, 6.45) is 3.42. The molecule has 0 aliphatic rings. The molecule has 5 aromatic rings.